The van der Waals surface area contributed by atoms with Gasteiger partial charge in [-0.05, 0) is 206 Å². The summed E-state index contributed by atoms with van der Waals surface area (Å²) in [4.78, 5) is 80.5. The van der Waals surface area contributed by atoms with Crippen LogP contribution in [0.5, 0.6) is 0 Å². The van der Waals surface area contributed by atoms with Crippen LogP contribution >= 0.6 is 15.9 Å². The lowest BCUT2D eigenvalue weighted by Gasteiger charge is -2.45. The second kappa shape index (κ2) is 36.9. The Labute approximate surface area is 712 Å². The highest BCUT2D eigenvalue weighted by atomic mass is 79.9. The number of aryl methyl sites for hydroxylation is 4. The van der Waals surface area contributed by atoms with Crippen molar-refractivity contribution in [2.24, 2.45) is 75.5 Å². The number of piperidine rings is 3. The average Bonchev–Trinajstić information content (AvgIpc) is 1.55. The molecule has 0 radical (unpaired) electrons. The lowest BCUT2D eigenvalue weighted by molar-refractivity contribution is -0.134. The molecule has 4 fully saturated rings. The van der Waals surface area contributed by atoms with Crippen molar-refractivity contribution in [3.63, 3.8) is 0 Å². The van der Waals surface area contributed by atoms with Gasteiger partial charge in [0.15, 0.2) is 0 Å². The second-order valence-electron chi connectivity index (χ2n) is 35.6. The van der Waals surface area contributed by atoms with Crippen LogP contribution in [0.15, 0.2) is 108 Å². The van der Waals surface area contributed by atoms with Gasteiger partial charge in [0.2, 0.25) is 0 Å². The van der Waals surface area contributed by atoms with Crippen LogP contribution in [0.3, 0.4) is 0 Å². The van der Waals surface area contributed by atoms with Crippen LogP contribution in [0.2, 0.25) is 0 Å². The quantitative estimate of drug-likeness (QED) is 0.0325. The smallest absolute Gasteiger partial charge is 0.328 e. The highest BCUT2D eigenvalue weighted by Gasteiger charge is 2.47. The Morgan fingerprint density at radius 2 is 0.853 bits per heavy atom. The number of rotatable bonds is 23. The normalized spacial score (nSPS) is 25.4. The SMILES string of the molecule is CC[C@@H](CO)CC(=O)[C@@H]1C=C2c3cccc4c3c(cn4C)C[C@H]2N(C)C1.CC[C@@H](CO)CC(=O)[C@@H]1CC2c3cccc4c3c(c(Br)n4C)C[C@H]2N(C)C1.CC[C@@H](CO)CC(=O)[C@@H]1CC2c3cccc4c3c(c(C3CC3)n4C)C[C@H]2N(C)C1.CC[C@@H](CO)CC(=O)[C@@H]1CC2c3cccc4c3c(cn4C)C[C@H]2N(C)C1.O=C(O)/C=C\C(=O)O.[2HH].[2H][2H].[2H][2H].[2H][2H].[2H][2H].[2H][2H].[2H][2H]. The maximum atomic E-state index is 13.0. The van der Waals surface area contributed by atoms with E-state index < -0.39 is 11.9 Å². The first-order chi connectivity index (χ1) is 61.7. The highest BCUT2D eigenvalue weighted by Crippen LogP contribution is 2.53. The number of nitrogens with zero attached hydrogens (tertiary/aromatic N) is 8. The number of aromatic nitrogens is 4. The predicted molar refractivity (Wildman–Crippen MR) is 477 cm³/mol. The maximum absolute atomic E-state index is 13.0. The molecule has 8 heterocycles. The first-order valence-electron chi connectivity index (χ1n) is 48.9. The molecule has 4 aliphatic heterocycles. The van der Waals surface area contributed by atoms with Crippen molar-refractivity contribution >= 4 is 100 Å². The third-order valence-corrected chi connectivity index (χ3v) is 29.5. The number of aliphatic carboxylic acids is 2. The third-order valence-electron chi connectivity index (χ3n) is 28.5. The van der Waals surface area contributed by atoms with Crippen molar-refractivity contribution in [3.05, 3.63) is 158 Å². The zero-order chi connectivity index (χ0) is 95.0. The molecular formula is C95H139BrN8O12. The van der Waals surface area contributed by atoms with Crippen molar-refractivity contribution in [3.8, 4) is 0 Å². The highest BCUT2D eigenvalue weighted by molar-refractivity contribution is 9.10. The molecule has 8 aromatic rings. The van der Waals surface area contributed by atoms with Crippen LogP contribution in [0.25, 0.3) is 49.2 Å². The van der Waals surface area contributed by atoms with Crippen LogP contribution < -0.4 is 0 Å². The largest absolute Gasteiger partial charge is 0.478 e. The Morgan fingerprint density at radius 3 is 1.29 bits per heavy atom. The molecule has 5 aliphatic carbocycles. The minimum Gasteiger partial charge on any atom is -0.478 e. The number of fused-ring (bicyclic) bond motifs is 8. The van der Waals surface area contributed by atoms with Crippen molar-refractivity contribution in [2.45, 2.75) is 185 Å². The number of ketones is 4. The third kappa shape index (κ3) is 17.4. The minimum absolute atomic E-state index is 0. The molecule has 3 unspecified atom stereocenters. The minimum atomic E-state index is -1.26. The van der Waals surface area contributed by atoms with Gasteiger partial charge in [-0.2, -0.15) is 0 Å². The summed E-state index contributed by atoms with van der Waals surface area (Å²) in [7, 11) is 17.3. The molecule has 6 N–H and O–H groups in total. The standard InChI is InChI=1S/C25H34N2O2.C22H29BrN2O2.C22H30N2O2.C22H28N2O2.C4H4O4.7H2/c1-4-15(14-28)10-23(29)17-11-19-18-6-5-7-21-24(18)20(12-22(19)26(2)13-17)25(27(21)3)16-8-9-16;1-4-13(12-26)8-20(27)14-9-16-15-6-5-7-18-21(15)17(22(23)25(18)3)10-19(16)24(2)11-14;2*1-4-14(13-25)8-21(26)15-9-18-17-6-5-7-19-22(17)16(12-23(19)2)10-20(18)24(3)11-15;5-3(6)1-2-4(7)8;;;;;;;/h5-7,15-17,19,22,28H,4,8-14H2,1-3H3;5-7,13-14,16,19,26H,4,8-12H2,1-3H3;5-7,12,14-15,18,20,25H,4,8-11,13H2,1-3H3;5-7,9,12,14-15,20,25H,4,8,10-11,13H2,1-3H3;1-2H,(H,5,6)(H,7,8);7*1H/b;;;;2-1-;;;;;;;/t15-,17-,19?,22-;13-,14-,16?,19-;14-,15-,18?,20-;14-,15-,20-;;;;;;;;/m1111......../s1/i;;;;;6*1+1D;1+1. The number of likely N-dealkylation sites (tertiary alicyclic amines) is 3. The Hall–Kier alpha value is -7.70. The average molecular weight is 1680 g/mol. The summed E-state index contributed by atoms with van der Waals surface area (Å²) in [5.41, 5.74) is 19.5. The van der Waals surface area contributed by atoms with Gasteiger partial charge < -0.3 is 63.6 Å². The summed E-state index contributed by atoms with van der Waals surface area (Å²) in [6.07, 6.45) is 23.1. The lowest BCUT2D eigenvalue weighted by Crippen LogP contribution is -2.49. The van der Waals surface area contributed by atoms with E-state index in [-0.39, 0.29) is 81.0 Å². The molecule has 0 spiro atoms. The lowest BCUT2D eigenvalue weighted by atomic mass is 9.70. The second-order valence-corrected chi connectivity index (χ2v) is 36.4. The number of hydrogen-bond donors (Lipinski definition) is 6. The Bertz CT molecular complexity index is 5050. The molecule has 638 valence electrons. The van der Waals surface area contributed by atoms with E-state index in [1.807, 2.05) is 13.8 Å². The van der Waals surface area contributed by atoms with E-state index >= 15 is 0 Å². The molecule has 20 nitrogen and oxygen atoms in total. The van der Waals surface area contributed by atoms with Gasteiger partial charge in [-0.3, -0.25) is 24.1 Å². The van der Waals surface area contributed by atoms with Gasteiger partial charge in [0, 0.05) is 265 Å². The van der Waals surface area contributed by atoms with Crippen LogP contribution in [0, 0.1) is 47.3 Å². The molecule has 3 saturated heterocycles. The molecule has 116 heavy (non-hydrogen) atoms. The zero-order valence-corrected chi connectivity index (χ0v) is 71.9. The maximum Gasteiger partial charge on any atom is 0.328 e. The molecule has 0 amide bonds. The predicted octanol–water partition coefficient (Wildman–Crippen LogP) is 15.4. The van der Waals surface area contributed by atoms with Crippen LogP contribution in [-0.2, 0) is 82.6 Å². The van der Waals surface area contributed by atoms with Crippen molar-refractivity contribution < 1.29 is 78.7 Å². The summed E-state index contributed by atoms with van der Waals surface area (Å²) >= 11 is 3.80. The van der Waals surface area contributed by atoms with E-state index in [0.29, 0.717) is 97.1 Å². The molecule has 4 aromatic carbocycles. The van der Waals surface area contributed by atoms with Gasteiger partial charge >= 0.3 is 11.9 Å². The molecule has 21 heteroatoms. The number of benzene rings is 4. The number of carboxylic acid groups (broad SMARTS) is 2. The summed E-state index contributed by atoms with van der Waals surface area (Å²) < 4.78 is 70.3. The van der Waals surface area contributed by atoms with Gasteiger partial charge in [0.05, 0.1) is 4.60 Å². The Balaban J connectivity index is 0.000000247. The van der Waals surface area contributed by atoms with Crippen LogP contribution in [-0.4, -0.2) is 209 Å². The first-order valence-corrected chi connectivity index (χ1v) is 43.7. The van der Waals surface area contributed by atoms with E-state index in [0.717, 1.165) is 103 Å². The number of aliphatic hydroxyl groups is 4. The number of carbonyl (C=O) groups excluding carboxylic acids is 4. The molecule has 17 rings (SSSR count). The topological polar surface area (TPSA) is 256 Å². The zero-order valence-electron chi connectivity index (χ0n) is 82.3. The van der Waals surface area contributed by atoms with Crippen molar-refractivity contribution in [2.75, 3.05) is 80.8 Å². The summed E-state index contributed by atoms with van der Waals surface area (Å²) in [5.74, 6) is 1.34. The molecule has 1 saturated carbocycles. The molecule has 9 aliphatic rings. The van der Waals surface area contributed by atoms with E-state index in [2.05, 4.69) is 215 Å². The molecular weight excluding hydrogens is 1520 g/mol. The number of hydrogen-bond acceptors (Lipinski definition) is 14. The van der Waals surface area contributed by atoms with E-state index in [1.54, 1.807) is 11.3 Å². The number of carbonyl (C=O) groups is 6. The van der Waals surface area contributed by atoms with E-state index in [4.69, 9.17) is 28.0 Å². The Kier molecular flexibility index (Phi) is 24.9. The van der Waals surface area contributed by atoms with Gasteiger partial charge in [-0.1, -0.05) is 108 Å². The van der Waals surface area contributed by atoms with Gasteiger partial charge in [0.1, 0.15) is 23.1 Å². The summed E-state index contributed by atoms with van der Waals surface area (Å²) in [6.45, 7) is 11.9. The summed E-state index contributed by atoms with van der Waals surface area (Å²) in [5, 5.41) is 59.2. The fourth-order valence-electron chi connectivity index (χ4n) is 21.6. The molecule has 15 atom stereocenters. The van der Waals surface area contributed by atoms with Gasteiger partial charge in [0.25, 0.3) is 0 Å². The van der Waals surface area contributed by atoms with Crippen molar-refractivity contribution in [1.82, 2.24) is 37.9 Å². The molecule has 4 aromatic heterocycles. The number of halogens is 1. The van der Waals surface area contributed by atoms with E-state index in [9.17, 15) is 49.2 Å². The van der Waals surface area contributed by atoms with E-state index in [1.165, 1.54) is 106 Å². The number of Topliss-reactive ketones (excluding diaryl/α,β-unsaturated/α-hetero) is 4. The van der Waals surface area contributed by atoms with Crippen molar-refractivity contribution in [1.29, 1.82) is 0 Å². The number of aliphatic hydroxyl groups excluding tert-OH is 4. The van der Waals surface area contributed by atoms with Gasteiger partial charge in [-0.15, -0.1) is 0 Å². The fraction of sp³-hybridized carbons (Fsp3) is 0.558. The Morgan fingerprint density at radius 1 is 0.466 bits per heavy atom. The number of carboxylic acids is 2. The fourth-order valence-corrected chi connectivity index (χ4v) is 22.1. The van der Waals surface area contributed by atoms with Crippen LogP contribution in [0.4, 0.5) is 0 Å². The monoisotopic (exact) mass is 1680 g/mol. The first kappa shape index (κ1) is 78.2. The van der Waals surface area contributed by atoms with Crippen LogP contribution in [0.1, 0.15) is 204 Å². The summed E-state index contributed by atoms with van der Waals surface area (Å²) in [6, 6.07) is 28.3. The van der Waals surface area contributed by atoms with Gasteiger partial charge in [-0.25, -0.2) is 9.59 Å². The molecule has 0 bridgehead atoms. The number of likely N-dealkylation sites (N-methyl/N-ethyl adjacent to an activating group) is 4.